The average Bonchev–Trinajstić information content (AvgIpc) is 2.76. The number of aryl methyl sites for hydroxylation is 1. The second-order valence-electron chi connectivity index (χ2n) is 7.96. The smallest absolute Gasteiger partial charge is 0.265 e. The summed E-state index contributed by atoms with van der Waals surface area (Å²) < 4.78 is 33.3. The average molecular weight is 444 g/mol. The molecule has 164 valence electrons. The molecule has 4 rings (SSSR count). The molecule has 1 saturated heterocycles. The van der Waals surface area contributed by atoms with Gasteiger partial charge in [0.15, 0.2) is 6.10 Å². The molecule has 2 heterocycles. The fourth-order valence-electron chi connectivity index (χ4n) is 3.75. The molecule has 31 heavy (non-hydrogen) atoms. The van der Waals surface area contributed by atoms with Gasteiger partial charge in [0.1, 0.15) is 5.75 Å². The molecular formula is C22H25N3O5S. The summed E-state index contributed by atoms with van der Waals surface area (Å²) in [6.45, 7) is 4.04. The van der Waals surface area contributed by atoms with E-state index >= 15 is 0 Å². The van der Waals surface area contributed by atoms with Crippen molar-refractivity contribution in [1.82, 2.24) is 4.31 Å². The quantitative estimate of drug-likeness (QED) is 0.756. The molecule has 2 N–H and O–H groups in total. The second kappa shape index (κ2) is 8.32. The molecule has 0 saturated carbocycles. The molecule has 0 bridgehead atoms. The fourth-order valence-corrected chi connectivity index (χ4v) is 5.30. The van der Waals surface area contributed by atoms with E-state index in [-0.39, 0.29) is 23.3 Å². The minimum atomic E-state index is -3.82. The Balaban J connectivity index is 1.49. The molecule has 0 spiro atoms. The van der Waals surface area contributed by atoms with Crippen molar-refractivity contribution in [1.29, 1.82) is 0 Å². The second-order valence-corrected chi connectivity index (χ2v) is 9.90. The van der Waals surface area contributed by atoms with Crippen LogP contribution in [0.3, 0.4) is 0 Å². The first-order valence-corrected chi connectivity index (χ1v) is 11.7. The molecule has 2 aromatic carbocycles. The van der Waals surface area contributed by atoms with Gasteiger partial charge in [-0.2, -0.15) is 4.31 Å². The number of amides is 2. The number of nitrogens with one attached hydrogen (secondary N) is 2. The first kappa shape index (κ1) is 21.3. The van der Waals surface area contributed by atoms with E-state index in [1.807, 2.05) is 31.2 Å². The van der Waals surface area contributed by atoms with Crippen molar-refractivity contribution in [2.45, 2.75) is 37.7 Å². The van der Waals surface area contributed by atoms with Crippen LogP contribution in [0.5, 0.6) is 5.75 Å². The van der Waals surface area contributed by atoms with Gasteiger partial charge in [-0.05, 0) is 57.0 Å². The number of hydrogen-bond acceptors (Lipinski definition) is 5. The number of nitrogens with zero attached hydrogens (tertiary/aromatic N) is 1. The lowest BCUT2D eigenvalue weighted by atomic mass is 9.98. The van der Waals surface area contributed by atoms with Gasteiger partial charge in [-0.1, -0.05) is 17.7 Å². The van der Waals surface area contributed by atoms with Crippen molar-refractivity contribution >= 4 is 33.2 Å². The number of sulfonamides is 1. The Morgan fingerprint density at radius 1 is 1.19 bits per heavy atom. The SMILES string of the molecule is Cc1ccc(NC(=O)[C@@H]2CCCN(S(=O)(=O)c3ccc4c(c3)NC(=O)[C@@H](C)O4)C2)cc1. The molecule has 0 aromatic heterocycles. The van der Waals surface area contributed by atoms with Gasteiger partial charge in [0.05, 0.1) is 16.5 Å². The van der Waals surface area contributed by atoms with Crippen LogP contribution in [0, 0.1) is 12.8 Å². The predicted octanol–water partition coefficient (Wildman–Crippen LogP) is 2.75. The Morgan fingerprint density at radius 2 is 1.94 bits per heavy atom. The molecule has 8 nitrogen and oxygen atoms in total. The maximum atomic E-state index is 13.2. The van der Waals surface area contributed by atoms with Gasteiger partial charge < -0.3 is 15.4 Å². The third-order valence-electron chi connectivity index (χ3n) is 5.59. The zero-order valence-corrected chi connectivity index (χ0v) is 18.2. The topological polar surface area (TPSA) is 105 Å². The van der Waals surface area contributed by atoms with Crippen LogP contribution < -0.4 is 15.4 Å². The van der Waals surface area contributed by atoms with E-state index in [9.17, 15) is 18.0 Å². The van der Waals surface area contributed by atoms with Crippen molar-refractivity contribution in [3.63, 3.8) is 0 Å². The molecule has 0 aliphatic carbocycles. The van der Waals surface area contributed by atoms with Gasteiger partial charge in [0.25, 0.3) is 5.91 Å². The number of carbonyl (C=O) groups excluding carboxylic acids is 2. The van der Waals surface area contributed by atoms with Crippen molar-refractivity contribution in [2.24, 2.45) is 5.92 Å². The lowest BCUT2D eigenvalue weighted by Crippen LogP contribution is -2.43. The van der Waals surface area contributed by atoms with Gasteiger partial charge >= 0.3 is 0 Å². The zero-order chi connectivity index (χ0) is 22.2. The minimum Gasteiger partial charge on any atom is -0.479 e. The van der Waals surface area contributed by atoms with E-state index in [0.717, 1.165) is 5.56 Å². The maximum absolute atomic E-state index is 13.2. The fraction of sp³-hybridized carbons (Fsp3) is 0.364. The Bertz CT molecular complexity index is 1110. The van der Waals surface area contributed by atoms with Gasteiger partial charge in [-0.15, -0.1) is 0 Å². The van der Waals surface area contributed by atoms with Crippen LogP contribution in [-0.4, -0.2) is 43.7 Å². The third kappa shape index (κ3) is 4.42. The van der Waals surface area contributed by atoms with Crippen LogP contribution in [0.25, 0.3) is 0 Å². The summed E-state index contributed by atoms with van der Waals surface area (Å²) in [4.78, 5) is 24.6. The van der Waals surface area contributed by atoms with E-state index in [4.69, 9.17) is 4.74 Å². The summed E-state index contributed by atoms with van der Waals surface area (Å²) in [5.41, 5.74) is 2.11. The van der Waals surface area contributed by atoms with Crippen LogP contribution in [0.2, 0.25) is 0 Å². The summed E-state index contributed by atoms with van der Waals surface area (Å²) in [6, 6.07) is 11.9. The van der Waals surface area contributed by atoms with Gasteiger partial charge in [-0.25, -0.2) is 8.42 Å². The predicted molar refractivity (Wildman–Crippen MR) is 116 cm³/mol. The number of hydrogen-bond donors (Lipinski definition) is 2. The lowest BCUT2D eigenvalue weighted by molar-refractivity contribution is -0.123. The van der Waals surface area contributed by atoms with Crippen LogP contribution in [0.1, 0.15) is 25.3 Å². The molecule has 2 amide bonds. The monoisotopic (exact) mass is 443 g/mol. The third-order valence-corrected chi connectivity index (χ3v) is 7.45. The molecule has 2 aliphatic rings. The summed E-state index contributed by atoms with van der Waals surface area (Å²) in [5, 5.41) is 5.55. The zero-order valence-electron chi connectivity index (χ0n) is 17.4. The molecule has 0 unspecified atom stereocenters. The van der Waals surface area contributed by atoms with Crippen molar-refractivity contribution in [3.05, 3.63) is 48.0 Å². The number of anilines is 2. The van der Waals surface area contributed by atoms with Crippen LogP contribution in [0.15, 0.2) is 47.4 Å². The normalized spacial score (nSPS) is 21.5. The van der Waals surface area contributed by atoms with E-state index in [1.165, 1.54) is 16.4 Å². The lowest BCUT2D eigenvalue weighted by Gasteiger charge is -2.31. The molecule has 2 aliphatic heterocycles. The Hall–Kier alpha value is -2.91. The van der Waals surface area contributed by atoms with E-state index in [1.54, 1.807) is 13.0 Å². The number of rotatable bonds is 4. The Morgan fingerprint density at radius 3 is 2.68 bits per heavy atom. The standard InChI is InChI=1S/C22H25N3O5S/c1-14-5-7-17(8-6-14)23-22(27)16-4-3-11-25(13-16)31(28,29)18-9-10-20-19(12-18)24-21(26)15(2)30-20/h5-10,12,15-16H,3-4,11,13H2,1-2H3,(H,23,27)(H,24,26)/t15-,16-/m1/s1. The summed E-state index contributed by atoms with van der Waals surface area (Å²) in [5.74, 6) is -0.525. The molecule has 9 heteroatoms. The van der Waals surface area contributed by atoms with Gasteiger partial charge in [-0.3, -0.25) is 9.59 Å². The minimum absolute atomic E-state index is 0.0595. The van der Waals surface area contributed by atoms with Crippen LogP contribution in [0.4, 0.5) is 11.4 Å². The first-order chi connectivity index (χ1) is 14.7. The van der Waals surface area contributed by atoms with Gasteiger partial charge in [0, 0.05) is 18.8 Å². The molecule has 0 radical (unpaired) electrons. The number of ether oxygens (including phenoxy) is 1. The van der Waals surface area contributed by atoms with E-state index in [0.29, 0.717) is 36.5 Å². The highest BCUT2D eigenvalue weighted by atomic mass is 32.2. The largest absolute Gasteiger partial charge is 0.479 e. The summed E-state index contributed by atoms with van der Waals surface area (Å²) in [6.07, 6.45) is 0.577. The van der Waals surface area contributed by atoms with Crippen LogP contribution in [-0.2, 0) is 19.6 Å². The summed E-state index contributed by atoms with van der Waals surface area (Å²) >= 11 is 0. The molecular weight excluding hydrogens is 418 g/mol. The van der Waals surface area contributed by atoms with Crippen molar-refractivity contribution in [3.8, 4) is 5.75 Å². The highest BCUT2D eigenvalue weighted by Crippen LogP contribution is 2.33. The first-order valence-electron chi connectivity index (χ1n) is 10.2. The van der Waals surface area contributed by atoms with Crippen LogP contribution >= 0.6 is 0 Å². The van der Waals surface area contributed by atoms with Gasteiger partial charge in [0.2, 0.25) is 15.9 Å². The van der Waals surface area contributed by atoms with E-state index < -0.39 is 22.0 Å². The van der Waals surface area contributed by atoms with E-state index in [2.05, 4.69) is 10.6 Å². The Kier molecular flexibility index (Phi) is 5.72. The van der Waals surface area contributed by atoms with Crippen molar-refractivity contribution in [2.75, 3.05) is 23.7 Å². The Labute approximate surface area is 181 Å². The number of fused-ring (bicyclic) bond motifs is 1. The molecule has 1 fully saturated rings. The number of carbonyl (C=O) groups is 2. The highest BCUT2D eigenvalue weighted by molar-refractivity contribution is 7.89. The maximum Gasteiger partial charge on any atom is 0.265 e. The number of piperidine rings is 1. The summed E-state index contributed by atoms with van der Waals surface area (Å²) in [7, 11) is -3.82. The highest BCUT2D eigenvalue weighted by Gasteiger charge is 2.34. The van der Waals surface area contributed by atoms with Crippen molar-refractivity contribution < 1.29 is 22.7 Å². The molecule has 2 atom stereocenters. The number of benzene rings is 2. The molecule has 2 aromatic rings.